The van der Waals surface area contributed by atoms with Crippen molar-refractivity contribution >= 4 is 5.76 Å². The highest BCUT2D eigenvalue weighted by Gasteiger charge is 2.06. The highest BCUT2D eigenvalue weighted by Crippen LogP contribution is 2.21. The van der Waals surface area contributed by atoms with Crippen LogP contribution >= 0.6 is 0 Å². The van der Waals surface area contributed by atoms with Gasteiger partial charge in [-0.1, -0.05) is 30.3 Å². The number of ether oxygens (including phenoxy) is 1. The first kappa shape index (κ1) is 7.41. The Morgan fingerprint density at radius 1 is 0.917 bits per heavy atom. The van der Waals surface area contributed by atoms with Crippen molar-refractivity contribution in [2.75, 3.05) is 0 Å². The van der Waals surface area contributed by atoms with E-state index in [0.29, 0.717) is 0 Å². The third-order valence-corrected chi connectivity index (χ3v) is 1.69. The van der Waals surface area contributed by atoms with Crippen molar-refractivity contribution < 1.29 is 4.74 Å². The van der Waals surface area contributed by atoms with E-state index in [4.69, 9.17) is 4.74 Å². The molecule has 0 atom stereocenters. The van der Waals surface area contributed by atoms with Gasteiger partial charge in [0, 0.05) is 12.0 Å². The second-order valence-electron chi connectivity index (χ2n) is 2.54. The topological polar surface area (TPSA) is 9.23 Å². The second-order valence-corrected chi connectivity index (χ2v) is 2.54. The van der Waals surface area contributed by atoms with Crippen LogP contribution in [0.15, 0.2) is 36.4 Å². The summed E-state index contributed by atoms with van der Waals surface area (Å²) in [7, 11) is 0. The molecule has 3 radical (unpaired) electrons. The molecule has 1 nitrogen and oxygen atoms in total. The monoisotopic (exact) mass is 157 g/mol. The molecule has 0 fully saturated rings. The van der Waals surface area contributed by atoms with Gasteiger partial charge in [0.15, 0.2) is 0 Å². The van der Waals surface area contributed by atoms with E-state index in [1.165, 1.54) is 0 Å². The van der Waals surface area contributed by atoms with E-state index in [1.54, 1.807) is 6.61 Å². The second kappa shape index (κ2) is 3.44. The Hall–Kier alpha value is -1.24. The standard InChI is InChI=1S/C11H9O/c1-2-6-10(7-3-1)11-8-4-5-9-12-11/h1-9H. The first-order chi connectivity index (χ1) is 5.97. The van der Waals surface area contributed by atoms with E-state index in [0.717, 1.165) is 11.3 Å². The number of allylic oxidation sites excluding steroid dienone is 1. The average molecular weight is 157 g/mol. The van der Waals surface area contributed by atoms with Gasteiger partial charge in [0.25, 0.3) is 0 Å². The molecule has 0 bridgehead atoms. The molecule has 2 rings (SSSR count). The summed E-state index contributed by atoms with van der Waals surface area (Å²) in [6, 6.07) is 10.0. The molecule has 1 aliphatic rings. The van der Waals surface area contributed by atoms with Crippen molar-refractivity contribution in [2.45, 2.75) is 0 Å². The third-order valence-electron chi connectivity index (χ3n) is 1.69. The van der Waals surface area contributed by atoms with Gasteiger partial charge in [0.2, 0.25) is 0 Å². The fourth-order valence-corrected chi connectivity index (χ4v) is 1.11. The van der Waals surface area contributed by atoms with Crippen LogP contribution in [0.1, 0.15) is 5.56 Å². The molecular weight excluding hydrogens is 148 g/mol. The molecule has 0 aromatic heterocycles. The largest absolute Gasteiger partial charge is 0.486 e. The smallest absolute Gasteiger partial charge is 0.139 e. The zero-order valence-electron chi connectivity index (χ0n) is 6.60. The van der Waals surface area contributed by atoms with Gasteiger partial charge in [0.1, 0.15) is 12.4 Å². The summed E-state index contributed by atoms with van der Waals surface area (Å²) in [5.41, 5.74) is 1.11. The lowest BCUT2D eigenvalue weighted by molar-refractivity contribution is 0.375. The predicted molar refractivity (Wildman–Crippen MR) is 48.4 cm³/mol. The maximum atomic E-state index is 5.31. The summed E-state index contributed by atoms with van der Waals surface area (Å²) in [5.74, 6) is 0.901. The van der Waals surface area contributed by atoms with Crippen molar-refractivity contribution in [3.63, 3.8) is 0 Å². The van der Waals surface area contributed by atoms with Crippen LogP contribution in [0.5, 0.6) is 0 Å². The fourth-order valence-electron chi connectivity index (χ4n) is 1.11. The third kappa shape index (κ3) is 1.50. The molecule has 0 unspecified atom stereocenters. The Morgan fingerprint density at radius 2 is 1.75 bits per heavy atom. The molecule has 0 N–H and O–H groups in total. The molecule has 0 amide bonds. The van der Waals surface area contributed by atoms with E-state index in [1.807, 2.05) is 49.2 Å². The van der Waals surface area contributed by atoms with Crippen molar-refractivity contribution in [3.05, 3.63) is 61.4 Å². The predicted octanol–water partition coefficient (Wildman–Crippen LogP) is 2.63. The zero-order chi connectivity index (χ0) is 8.23. The molecule has 1 heteroatoms. The summed E-state index contributed by atoms with van der Waals surface area (Å²) in [5, 5.41) is 0. The SMILES string of the molecule is [CH]1[CH]C=C(c2ccccc2)O[CH]1. The van der Waals surface area contributed by atoms with Crippen LogP contribution in [0.4, 0.5) is 0 Å². The molecule has 0 saturated heterocycles. The Morgan fingerprint density at radius 3 is 2.42 bits per heavy atom. The lowest BCUT2D eigenvalue weighted by atomic mass is 10.1. The van der Waals surface area contributed by atoms with Crippen LogP contribution in [-0.2, 0) is 4.74 Å². The lowest BCUT2D eigenvalue weighted by Crippen LogP contribution is -1.96. The Balaban J connectivity index is 2.24. The Bertz CT molecular complexity index is 274. The van der Waals surface area contributed by atoms with Gasteiger partial charge in [-0.3, -0.25) is 0 Å². The first-order valence-corrected chi connectivity index (χ1v) is 3.89. The highest BCUT2D eigenvalue weighted by molar-refractivity contribution is 5.62. The zero-order valence-corrected chi connectivity index (χ0v) is 6.60. The minimum absolute atomic E-state index is 0.901. The fraction of sp³-hybridized carbons (Fsp3) is 0. The molecule has 12 heavy (non-hydrogen) atoms. The quantitative estimate of drug-likeness (QED) is 0.609. The van der Waals surface area contributed by atoms with E-state index in [-0.39, 0.29) is 0 Å². The number of hydrogen-bond acceptors (Lipinski definition) is 1. The minimum atomic E-state index is 0.901. The molecule has 1 aliphatic heterocycles. The van der Waals surface area contributed by atoms with Gasteiger partial charge < -0.3 is 4.74 Å². The number of benzene rings is 1. The van der Waals surface area contributed by atoms with Gasteiger partial charge in [-0.2, -0.15) is 0 Å². The van der Waals surface area contributed by atoms with Crippen LogP contribution in [0.3, 0.4) is 0 Å². The van der Waals surface area contributed by atoms with Gasteiger partial charge in [-0.05, 0) is 12.5 Å². The maximum Gasteiger partial charge on any atom is 0.139 e. The Kier molecular flexibility index (Phi) is 2.12. The normalized spacial score (nSPS) is 16.5. The molecule has 1 aromatic carbocycles. The summed E-state index contributed by atoms with van der Waals surface area (Å²) >= 11 is 0. The van der Waals surface area contributed by atoms with Crippen LogP contribution in [0.25, 0.3) is 5.76 Å². The van der Waals surface area contributed by atoms with Crippen LogP contribution in [-0.4, -0.2) is 0 Å². The molecule has 0 spiro atoms. The maximum absolute atomic E-state index is 5.31. The highest BCUT2D eigenvalue weighted by atomic mass is 16.5. The molecule has 0 saturated carbocycles. The van der Waals surface area contributed by atoms with E-state index >= 15 is 0 Å². The average Bonchev–Trinajstić information content (AvgIpc) is 2.21. The van der Waals surface area contributed by atoms with E-state index in [9.17, 15) is 0 Å². The first-order valence-electron chi connectivity index (χ1n) is 3.89. The molecule has 0 aliphatic carbocycles. The number of hydrogen-bond donors (Lipinski definition) is 0. The summed E-state index contributed by atoms with van der Waals surface area (Å²) in [4.78, 5) is 0. The molecular formula is C11H9O. The van der Waals surface area contributed by atoms with E-state index in [2.05, 4.69) is 0 Å². The van der Waals surface area contributed by atoms with Crippen LogP contribution in [0, 0.1) is 19.4 Å². The minimum Gasteiger partial charge on any atom is -0.486 e. The summed E-state index contributed by atoms with van der Waals surface area (Å²) in [6.07, 6.45) is 5.79. The molecule has 1 heterocycles. The van der Waals surface area contributed by atoms with Crippen molar-refractivity contribution in [2.24, 2.45) is 0 Å². The van der Waals surface area contributed by atoms with Gasteiger partial charge in [-0.15, -0.1) is 0 Å². The van der Waals surface area contributed by atoms with Gasteiger partial charge >= 0.3 is 0 Å². The number of rotatable bonds is 1. The van der Waals surface area contributed by atoms with E-state index < -0.39 is 0 Å². The van der Waals surface area contributed by atoms with Gasteiger partial charge in [0.05, 0.1) is 0 Å². The lowest BCUT2D eigenvalue weighted by Gasteiger charge is -2.13. The summed E-state index contributed by atoms with van der Waals surface area (Å²) in [6.45, 7) is 1.68. The Labute approximate surface area is 72.7 Å². The molecule has 59 valence electrons. The van der Waals surface area contributed by atoms with Gasteiger partial charge in [-0.25, -0.2) is 0 Å². The molecule has 1 aromatic rings. The van der Waals surface area contributed by atoms with Crippen molar-refractivity contribution in [1.29, 1.82) is 0 Å². The van der Waals surface area contributed by atoms with Crippen molar-refractivity contribution in [3.8, 4) is 0 Å². The van der Waals surface area contributed by atoms with Crippen molar-refractivity contribution in [1.82, 2.24) is 0 Å². The van der Waals surface area contributed by atoms with Crippen LogP contribution < -0.4 is 0 Å². The summed E-state index contributed by atoms with van der Waals surface area (Å²) < 4.78 is 5.31. The van der Waals surface area contributed by atoms with Crippen LogP contribution in [0.2, 0.25) is 0 Å².